The quantitative estimate of drug-likeness (QED) is 0.781. The molecule has 5 nitrogen and oxygen atoms in total. The maximum atomic E-state index is 11.2. The predicted octanol–water partition coefficient (Wildman–Crippen LogP) is 1.72. The van der Waals surface area contributed by atoms with E-state index < -0.39 is 0 Å². The maximum absolute atomic E-state index is 11.2. The van der Waals surface area contributed by atoms with Crippen LogP contribution in [0.3, 0.4) is 0 Å². The fourth-order valence-electron chi connectivity index (χ4n) is 2.51. The Morgan fingerprint density at radius 1 is 1.42 bits per heavy atom. The molecular weight excluding hydrogens is 246 g/mol. The third-order valence-corrected chi connectivity index (χ3v) is 3.52. The van der Waals surface area contributed by atoms with Gasteiger partial charge in [-0.1, -0.05) is 13.8 Å². The first kappa shape index (κ1) is 13.8. The molecule has 0 spiro atoms. The molecule has 1 saturated heterocycles. The van der Waals surface area contributed by atoms with Gasteiger partial charge in [-0.15, -0.1) is 0 Å². The lowest BCUT2D eigenvalue weighted by Gasteiger charge is -2.22. The van der Waals surface area contributed by atoms with Gasteiger partial charge in [0.25, 0.3) is 0 Å². The topological polar surface area (TPSA) is 57.5 Å². The van der Waals surface area contributed by atoms with Crippen molar-refractivity contribution in [3.05, 3.63) is 34.7 Å². The van der Waals surface area contributed by atoms with E-state index in [-0.39, 0.29) is 35.8 Å². The summed E-state index contributed by atoms with van der Waals surface area (Å²) in [5.74, 6) is -0.193. The number of carbonyl (C=O) groups excluding carboxylic acids is 1. The zero-order valence-corrected chi connectivity index (χ0v) is 11.4. The molecule has 0 unspecified atom stereocenters. The van der Waals surface area contributed by atoms with Crippen LogP contribution < -0.4 is 5.43 Å². The predicted molar refractivity (Wildman–Crippen MR) is 69.6 cm³/mol. The number of hydrogen-bond acceptors (Lipinski definition) is 4. The lowest BCUT2D eigenvalue weighted by atomic mass is 9.98. The smallest absolute Gasteiger partial charge is 0.303 e. The van der Waals surface area contributed by atoms with Crippen molar-refractivity contribution < 1.29 is 14.3 Å². The molecule has 1 fully saturated rings. The van der Waals surface area contributed by atoms with Gasteiger partial charge in [-0.2, -0.15) is 0 Å². The molecule has 0 aliphatic carbocycles. The average Bonchev–Trinajstić information content (AvgIpc) is 2.67. The third-order valence-electron chi connectivity index (χ3n) is 3.52. The van der Waals surface area contributed by atoms with Gasteiger partial charge in [-0.3, -0.25) is 9.59 Å². The number of ether oxygens (including phenoxy) is 2. The van der Waals surface area contributed by atoms with Crippen molar-refractivity contribution in [2.45, 2.75) is 45.6 Å². The molecule has 0 aromatic carbocycles. The highest BCUT2D eigenvalue weighted by Crippen LogP contribution is 2.37. The summed E-state index contributed by atoms with van der Waals surface area (Å²) < 4.78 is 13.1. The van der Waals surface area contributed by atoms with Gasteiger partial charge in [-0.25, -0.2) is 0 Å². The molecule has 0 amide bonds. The van der Waals surface area contributed by atoms with Gasteiger partial charge in [-0.05, 0) is 6.42 Å². The van der Waals surface area contributed by atoms with Crippen molar-refractivity contribution in [2.24, 2.45) is 5.92 Å². The Kier molecular flexibility index (Phi) is 4.04. The van der Waals surface area contributed by atoms with E-state index in [1.165, 1.54) is 19.1 Å². The van der Waals surface area contributed by atoms with Gasteiger partial charge in [0, 0.05) is 37.4 Å². The van der Waals surface area contributed by atoms with Crippen molar-refractivity contribution in [1.29, 1.82) is 0 Å². The summed E-state index contributed by atoms with van der Waals surface area (Å²) in [5.41, 5.74) is -0.0571. The van der Waals surface area contributed by atoms with Crippen LogP contribution in [0.1, 0.15) is 33.4 Å². The summed E-state index contributed by atoms with van der Waals surface area (Å²) >= 11 is 0. The summed E-state index contributed by atoms with van der Waals surface area (Å²) in [6.07, 6.45) is 3.53. The van der Waals surface area contributed by atoms with Crippen LogP contribution in [-0.2, 0) is 14.3 Å². The van der Waals surface area contributed by atoms with E-state index in [0.29, 0.717) is 0 Å². The van der Waals surface area contributed by atoms with E-state index in [9.17, 15) is 9.59 Å². The Bertz CT molecular complexity index is 490. The summed E-state index contributed by atoms with van der Waals surface area (Å²) in [6.45, 7) is 5.46. The molecule has 2 rings (SSSR count). The molecule has 1 aliphatic rings. The highest BCUT2D eigenvalue weighted by molar-refractivity contribution is 5.66. The summed E-state index contributed by atoms with van der Waals surface area (Å²) in [6, 6.07) is 2.94. The standard InChI is InChI=1S/C14H19NO4/c1-4-12-9(2)13(18-10(3)16)14(19-12)15-7-5-11(17)6-8-15/h5-9,12-14H,4H2,1-3H3/t9-,12-,13+,14-/m1/s1. The Morgan fingerprint density at radius 3 is 2.58 bits per heavy atom. The Morgan fingerprint density at radius 2 is 2.05 bits per heavy atom. The lowest BCUT2D eigenvalue weighted by Crippen LogP contribution is -2.29. The Hall–Kier alpha value is -1.62. The van der Waals surface area contributed by atoms with Crippen molar-refractivity contribution in [3.63, 3.8) is 0 Å². The molecule has 0 bridgehead atoms. The normalized spacial score (nSPS) is 30.3. The van der Waals surface area contributed by atoms with Gasteiger partial charge >= 0.3 is 5.97 Å². The highest BCUT2D eigenvalue weighted by Gasteiger charge is 2.43. The van der Waals surface area contributed by atoms with Gasteiger partial charge in [0.1, 0.15) is 0 Å². The monoisotopic (exact) mass is 265 g/mol. The van der Waals surface area contributed by atoms with E-state index in [4.69, 9.17) is 9.47 Å². The molecule has 104 valence electrons. The van der Waals surface area contributed by atoms with Crippen LogP contribution in [0.15, 0.2) is 29.3 Å². The largest absolute Gasteiger partial charge is 0.457 e. The van der Waals surface area contributed by atoms with E-state index in [1.807, 2.05) is 13.8 Å². The first-order valence-electron chi connectivity index (χ1n) is 6.53. The summed E-state index contributed by atoms with van der Waals surface area (Å²) in [7, 11) is 0. The summed E-state index contributed by atoms with van der Waals surface area (Å²) in [5, 5.41) is 0. The number of aromatic nitrogens is 1. The molecular formula is C14H19NO4. The number of rotatable bonds is 3. The van der Waals surface area contributed by atoms with Crippen molar-refractivity contribution >= 4 is 5.97 Å². The fourth-order valence-corrected chi connectivity index (χ4v) is 2.51. The van der Waals surface area contributed by atoms with Crippen LogP contribution in [0.4, 0.5) is 0 Å². The second-order valence-electron chi connectivity index (χ2n) is 4.89. The molecule has 0 N–H and O–H groups in total. The number of nitrogens with zero attached hydrogens (tertiary/aromatic N) is 1. The van der Waals surface area contributed by atoms with E-state index >= 15 is 0 Å². The number of esters is 1. The SMILES string of the molecule is CC[C@H]1O[C@@H](n2ccc(=O)cc2)[C@@H](OC(C)=O)[C@@H]1C. The minimum Gasteiger partial charge on any atom is -0.457 e. The van der Waals surface area contributed by atoms with Crippen molar-refractivity contribution in [1.82, 2.24) is 4.57 Å². The highest BCUT2D eigenvalue weighted by atomic mass is 16.6. The maximum Gasteiger partial charge on any atom is 0.303 e. The molecule has 0 saturated carbocycles. The van der Waals surface area contributed by atoms with Crippen LogP contribution >= 0.6 is 0 Å². The zero-order valence-electron chi connectivity index (χ0n) is 11.4. The van der Waals surface area contributed by atoms with Crippen LogP contribution in [0.5, 0.6) is 0 Å². The van der Waals surface area contributed by atoms with Crippen molar-refractivity contribution in [2.75, 3.05) is 0 Å². The van der Waals surface area contributed by atoms with Crippen LogP contribution in [0.25, 0.3) is 0 Å². The minimum absolute atomic E-state index is 0.0498. The zero-order chi connectivity index (χ0) is 14.0. The molecule has 0 radical (unpaired) electrons. The Labute approximate surface area is 112 Å². The Balaban J connectivity index is 2.27. The average molecular weight is 265 g/mol. The third kappa shape index (κ3) is 2.87. The van der Waals surface area contributed by atoms with Crippen molar-refractivity contribution in [3.8, 4) is 0 Å². The molecule has 19 heavy (non-hydrogen) atoms. The second-order valence-corrected chi connectivity index (χ2v) is 4.89. The van der Waals surface area contributed by atoms with E-state index in [2.05, 4.69) is 0 Å². The number of pyridine rings is 1. The van der Waals surface area contributed by atoms with Crippen LogP contribution in [0, 0.1) is 5.92 Å². The van der Waals surface area contributed by atoms with E-state index in [0.717, 1.165) is 6.42 Å². The first-order chi connectivity index (χ1) is 9.02. The second kappa shape index (κ2) is 5.57. The van der Waals surface area contributed by atoms with Crippen LogP contribution in [-0.4, -0.2) is 22.7 Å². The molecule has 5 heteroatoms. The molecule has 1 aromatic heterocycles. The molecule has 4 atom stereocenters. The van der Waals surface area contributed by atoms with Gasteiger partial charge in [0.05, 0.1) is 6.10 Å². The molecule has 2 heterocycles. The molecule has 1 aromatic rings. The van der Waals surface area contributed by atoms with Gasteiger partial charge in [0.2, 0.25) is 0 Å². The van der Waals surface area contributed by atoms with Gasteiger partial charge < -0.3 is 14.0 Å². The number of carbonyl (C=O) groups is 1. The van der Waals surface area contributed by atoms with Crippen LogP contribution in [0.2, 0.25) is 0 Å². The first-order valence-corrected chi connectivity index (χ1v) is 6.53. The van der Waals surface area contributed by atoms with Gasteiger partial charge in [0.15, 0.2) is 17.8 Å². The minimum atomic E-state index is -0.371. The summed E-state index contributed by atoms with van der Waals surface area (Å²) in [4.78, 5) is 22.4. The fraction of sp³-hybridized carbons (Fsp3) is 0.571. The molecule has 1 aliphatic heterocycles. The number of hydrogen-bond donors (Lipinski definition) is 0. The lowest BCUT2D eigenvalue weighted by molar-refractivity contribution is -0.153. The van der Waals surface area contributed by atoms with E-state index in [1.54, 1.807) is 17.0 Å².